The molecule has 3 N–H and O–H groups in total. The minimum Gasteiger partial charge on any atom is -0.398 e. The Morgan fingerprint density at radius 2 is 2.16 bits per heavy atom. The third-order valence-corrected chi connectivity index (χ3v) is 5.16. The second kappa shape index (κ2) is 6.07. The number of nitrogen functional groups attached to an aromatic ring is 1. The molecule has 6 heteroatoms. The minimum atomic E-state index is -3.52. The molecule has 4 nitrogen and oxygen atoms in total. The molecule has 0 atom stereocenters. The highest BCUT2D eigenvalue weighted by Gasteiger charge is 2.17. The fourth-order valence-electron chi connectivity index (χ4n) is 2.15. The predicted molar refractivity (Wildman–Crippen MR) is 80.3 cm³/mol. The standard InChI is InChI=1S/C13H17BrN2O2S/c14-11-5-6-13(12(15)9-11)19(17,18)16-8-7-10-3-1-2-4-10/h3,5-6,9,16H,1-2,4,7-8,15H2. The maximum atomic E-state index is 12.1. The second-order valence-electron chi connectivity index (χ2n) is 4.58. The van der Waals surface area contributed by atoms with Crippen molar-refractivity contribution in [3.63, 3.8) is 0 Å². The van der Waals surface area contributed by atoms with Gasteiger partial charge in [0, 0.05) is 11.0 Å². The highest BCUT2D eigenvalue weighted by molar-refractivity contribution is 9.10. The first-order valence-electron chi connectivity index (χ1n) is 6.21. The van der Waals surface area contributed by atoms with Crippen LogP contribution in [0.3, 0.4) is 0 Å². The van der Waals surface area contributed by atoms with Crippen molar-refractivity contribution in [1.29, 1.82) is 0 Å². The third kappa shape index (κ3) is 3.81. The van der Waals surface area contributed by atoms with Crippen LogP contribution in [0.2, 0.25) is 0 Å². The number of rotatable bonds is 5. The molecule has 1 aliphatic carbocycles. The number of anilines is 1. The summed E-state index contributed by atoms with van der Waals surface area (Å²) in [6.45, 7) is 0.420. The van der Waals surface area contributed by atoms with E-state index in [0.717, 1.165) is 23.7 Å². The van der Waals surface area contributed by atoms with Gasteiger partial charge in [-0.05, 0) is 43.9 Å². The third-order valence-electron chi connectivity index (χ3n) is 3.13. The zero-order chi connectivity index (χ0) is 13.9. The number of nitrogens with one attached hydrogen (secondary N) is 1. The van der Waals surface area contributed by atoms with Gasteiger partial charge in [-0.25, -0.2) is 13.1 Å². The van der Waals surface area contributed by atoms with Crippen molar-refractivity contribution in [2.45, 2.75) is 30.6 Å². The minimum absolute atomic E-state index is 0.135. The summed E-state index contributed by atoms with van der Waals surface area (Å²) in [4.78, 5) is 0.135. The van der Waals surface area contributed by atoms with Crippen molar-refractivity contribution in [3.8, 4) is 0 Å². The Bertz CT molecular complexity index is 597. The quantitative estimate of drug-likeness (QED) is 0.637. The first-order chi connectivity index (χ1) is 8.99. The van der Waals surface area contributed by atoms with E-state index in [-0.39, 0.29) is 10.6 Å². The van der Waals surface area contributed by atoms with Gasteiger partial charge >= 0.3 is 0 Å². The molecule has 0 radical (unpaired) electrons. The number of hydrogen-bond acceptors (Lipinski definition) is 3. The van der Waals surface area contributed by atoms with E-state index in [1.807, 2.05) is 0 Å². The van der Waals surface area contributed by atoms with Crippen molar-refractivity contribution in [1.82, 2.24) is 4.72 Å². The van der Waals surface area contributed by atoms with Gasteiger partial charge in [-0.15, -0.1) is 0 Å². The zero-order valence-electron chi connectivity index (χ0n) is 10.5. The first kappa shape index (κ1) is 14.6. The Morgan fingerprint density at radius 1 is 1.37 bits per heavy atom. The molecule has 1 aromatic rings. The summed E-state index contributed by atoms with van der Waals surface area (Å²) in [5, 5.41) is 0. The Balaban J connectivity index is 2.01. The molecule has 0 bridgehead atoms. The summed E-state index contributed by atoms with van der Waals surface area (Å²) in [6.07, 6.45) is 6.35. The van der Waals surface area contributed by atoms with Gasteiger partial charge in [-0.1, -0.05) is 27.6 Å². The molecule has 2 rings (SSSR count). The summed E-state index contributed by atoms with van der Waals surface area (Å²) in [5.41, 5.74) is 7.33. The number of benzene rings is 1. The molecule has 0 fully saturated rings. The van der Waals surface area contributed by atoms with Crippen LogP contribution in [-0.2, 0) is 10.0 Å². The van der Waals surface area contributed by atoms with Gasteiger partial charge in [-0.3, -0.25) is 0 Å². The number of allylic oxidation sites excluding steroid dienone is 1. The summed E-state index contributed by atoms with van der Waals surface area (Å²) in [6, 6.07) is 4.77. The second-order valence-corrected chi connectivity index (χ2v) is 7.24. The van der Waals surface area contributed by atoms with E-state index in [4.69, 9.17) is 5.73 Å². The highest BCUT2D eigenvalue weighted by Crippen LogP contribution is 2.23. The lowest BCUT2D eigenvalue weighted by molar-refractivity contribution is 0.581. The van der Waals surface area contributed by atoms with Crippen LogP contribution in [-0.4, -0.2) is 15.0 Å². The van der Waals surface area contributed by atoms with Crippen molar-refractivity contribution >= 4 is 31.6 Å². The Morgan fingerprint density at radius 3 is 2.79 bits per heavy atom. The average Bonchev–Trinajstić information content (AvgIpc) is 2.81. The van der Waals surface area contributed by atoms with E-state index in [0.29, 0.717) is 6.54 Å². The van der Waals surface area contributed by atoms with E-state index in [2.05, 4.69) is 26.7 Å². The van der Waals surface area contributed by atoms with Crippen LogP contribution in [0.15, 0.2) is 39.2 Å². The maximum Gasteiger partial charge on any atom is 0.242 e. The smallest absolute Gasteiger partial charge is 0.242 e. The summed E-state index contributed by atoms with van der Waals surface area (Å²) in [7, 11) is -3.52. The molecule has 1 aromatic carbocycles. The fraction of sp³-hybridized carbons (Fsp3) is 0.385. The lowest BCUT2D eigenvalue weighted by atomic mass is 10.2. The molecule has 104 valence electrons. The molecule has 19 heavy (non-hydrogen) atoms. The van der Waals surface area contributed by atoms with Crippen LogP contribution in [0.4, 0.5) is 5.69 Å². The fourth-order valence-corrected chi connectivity index (χ4v) is 3.67. The number of nitrogens with two attached hydrogens (primary N) is 1. The molecule has 0 saturated heterocycles. The number of halogens is 1. The molecule has 0 amide bonds. The Hall–Kier alpha value is -0.850. The van der Waals surface area contributed by atoms with Crippen LogP contribution in [0.5, 0.6) is 0 Å². The summed E-state index contributed by atoms with van der Waals surface area (Å²) in [5.74, 6) is 0. The van der Waals surface area contributed by atoms with Crippen LogP contribution in [0.1, 0.15) is 25.7 Å². The van der Waals surface area contributed by atoms with Gasteiger partial charge in [-0.2, -0.15) is 0 Å². The van der Waals surface area contributed by atoms with E-state index < -0.39 is 10.0 Å². The normalized spacial score (nSPS) is 15.5. The molecule has 0 aromatic heterocycles. The molecule has 1 aliphatic rings. The van der Waals surface area contributed by atoms with Crippen molar-refractivity contribution < 1.29 is 8.42 Å². The molecular weight excluding hydrogens is 328 g/mol. The molecular formula is C13H17BrN2O2S. The monoisotopic (exact) mass is 344 g/mol. The Kier molecular flexibility index (Phi) is 4.65. The first-order valence-corrected chi connectivity index (χ1v) is 8.49. The average molecular weight is 345 g/mol. The van der Waals surface area contributed by atoms with E-state index in [9.17, 15) is 8.42 Å². The predicted octanol–water partition coefficient (Wildman–Crippen LogP) is 2.81. The van der Waals surface area contributed by atoms with Gasteiger partial charge in [0.1, 0.15) is 4.90 Å². The Labute approximate surface area is 122 Å². The SMILES string of the molecule is Nc1cc(Br)ccc1S(=O)(=O)NCCC1=CCCC1. The van der Waals surface area contributed by atoms with Crippen LogP contribution >= 0.6 is 15.9 Å². The van der Waals surface area contributed by atoms with Crippen LogP contribution in [0, 0.1) is 0 Å². The van der Waals surface area contributed by atoms with Gasteiger partial charge < -0.3 is 5.73 Å². The summed E-state index contributed by atoms with van der Waals surface area (Å²) < 4.78 is 27.6. The molecule has 0 spiro atoms. The number of sulfonamides is 1. The van der Waals surface area contributed by atoms with E-state index in [1.165, 1.54) is 18.1 Å². The van der Waals surface area contributed by atoms with E-state index in [1.54, 1.807) is 12.1 Å². The molecule has 0 heterocycles. The van der Waals surface area contributed by atoms with Crippen LogP contribution < -0.4 is 10.5 Å². The molecule has 0 aliphatic heterocycles. The van der Waals surface area contributed by atoms with Crippen LogP contribution in [0.25, 0.3) is 0 Å². The lowest BCUT2D eigenvalue weighted by Crippen LogP contribution is -2.25. The van der Waals surface area contributed by atoms with Gasteiger partial charge in [0.05, 0.1) is 5.69 Å². The zero-order valence-corrected chi connectivity index (χ0v) is 12.9. The van der Waals surface area contributed by atoms with Gasteiger partial charge in [0.15, 0.2) is 0 Å². The number of hydrogen-bond donors (Lipinski definition) is 2. The molecule has 0 unspecified atom stereocenters. The van der Waals surface area contributed by atoms with Crippen molar-refractivity contribution in [2.24, 2.45) is 0 Å². The highest BCUT2D eigenvalue weighted by atomic mass is 79.9. The topological polar surface area (TPSA) is 72.2 Å². The van der Waals surface area contributed by atoms with Crippen molar-refractivity contribution in [2.75, 3.05) is 12.3 Å². The van der Waals surface area contributed by atoms with Crippen molar-refractivity contribution in [3.05, 3.63) is 34.3 Å². The van der Waals surface area contributed by atoms with E-state index >= 15 is 0 Å². The van der Waals surface area contributed by atoms with Gasteiger partial charge in [0.25, 0.3) is 0 Å². The molecule has 0 saturated carbocycles. The lowest BCUT2D eigenvalue weighted by Gasteiger charge is -2.09. The largest absolute Gasteiger partial charge is 0.398 e. The maximum absolute atomic E-state index is 12.1. The summed E-state index contributed by atoms with van der Waals surface area (Å²) >= 11 is 3.26. The van der Waals surface area contributed by atoms with Gasteiger partial charge in [0.2, 0.25) is 10.0 Å².